The number of nitrogens with one attached hydrogen (secondary N) is 1. The first-order valence-corrected chi connectivity index (χ1v) is 12.5. The van der Waals surface area contributed by atoms with Gasteiger partial charge < -0.3 is 19.7 Å². The number of benzene rings is 2. The molecule has 0 atom stereocenters. The maximum absolute atomic E-state index is 13.2. The second-order valence-electron chi connectivity index (χ2n) is 8.10. The van der Waals surface area contributed by atoms with Crippen LogP contribution in [-0.2, 0) is 22.1 Å². The van der Waals surface area contributed by atoms with E-state index in [0.29, 0.717) is 23.3 Å². The molecule has 8 nitrogen and oxygen atoms in total. The maximum atomic E-state index is 13.2. The van der Waals surface area contributed by atoms with Crippen LogP contribution in [0.5, 0.6) is 0 Å². The lowest BCUT2D eigenvalue weighted by Gasteiger charge is -2.14. The first kappa shape index (κ1) is 23.7. The van der Waals surface area contributed by atoms with Crippen LogP contribution in [0.15, 0.2) is 53.5 Å². The van der Waals surface area contributed by atoms with E-state index >= 15 is 0 Å². The Morgan fingerprint density at radius 3 is 2.52 bits per heavy atom. The van der Waals surface area contributed by atoms with E-state index in [2.05, 4.69) is 9.84 Å². The van der Waals surface area contributed by atoms with E-state index in [1.54, 1.807) is 24.4 Å². The molecule has 2 aromatic carbocycles. The van der Waals surface area contributed by atoms with E-state index in [1.807, 2.05) is 28.8 Å². The van der Waals surface area contributed by atoms with Crippen molar-refractivity contribution in [1.29, 1.82) is 0 Å². The fraction of sp³-hybridized carbons (Fsp3) is 0.304. The zero-order chi connectivity index (χ0) is 23.6. The normalized spacial score (nSPS) is 13.9. The summed E-state index contributed by atoms with van der Waals surface area (Å²) in [5.41, 5.74) is 2.21. The SMILES string of the molecule is O=C(NCc1ccc(Cl)cc1)c1cn(C2CC2)c2ccc(CCCOP(=O)(O)O)cc2c1=O. The van der Waals surface area contributed by atoms with E-state index in [0.717, 1.165) is 29.5 Å². The van der Waals surface area contributed by atoms with E-state index in [1.165, 1.54) is 0 Å². The Labute approximate surface area is 195 Å². The molecule has 3 aromatic rings. The van der Waals surface area contributed by atoms with Crippen molar-refractivity contribution in [2.75, 3.05) is 6.61 Å². The molecule has 4 rings (SSSR count). The van der Waals surface area contributed by atoms with Crippen LogP contribution in [-0.4, -0.2) is 26.9 Å². The summed E-state index contributed by atoms with van der Waals surface area (Å²) in [4.78, 5) is 43.7. The summed E-state index contributed by atoms with van der Waals surface area (Å²) in [6, 6.07) is 12.9. The number of halogens is 1. The molecule has 174 valence electrons. The highest BCUT2D eigenvalue weighted by molar-refractivity contribution is 7.46. The Kier molecular flexibility index (Phi) is 7.02. The topological polar surface area (TPSA) is 118 Å². The number of hydrogen-bond donors (Lipinski definition) is 3. The molecule has 10 heteroatoms. The molecule has 0 saturated heterocycles. The van der Waals surface area contributed by atoms with Crippen LogP contribution in [0.1, 0.15) is 46.8 Å². The van der Waals surface area contributed by atoms with Crippen molar-refractivity contribution in [3.8, 4) is 0 Å². The number of fused-ring (bicyclic) bond motifs is 1. The first-order valence-electron chi connectivity index (χ1n) is 10.6. The van der Waals surface area contributed by atoms with Crippen molar-refractivity contribution in [3.63, 3.8) is 0 Å². The number of rotatable bonds is 9. The second-order valence-corrected chi connectivity index (χ2v) is 9.77. The summed E-state index contributed by atoms with van der Waals surface area (Å²) in [7, 11) is -4.50. The molecular weight excluding hydrogens is 467 g/mol. The molecular formula is C23H24ClN2O6P. The Hall–Kier alpha value is -2.48. The predicted molar refractivity (Wildman–Crippen MR) is 125 cm³/mol. The van der Waals surface area contributed by atoms with Crippen LogP contribution < -0.4 is 10.7 Å². The third-order valence-corrected chi connectivity index (χ3v) is 6.29. The number of carbonyl (C=O) groups is 1. The van der Waals surface area contributed by atoms with Crippen molar-refractivity contribution in [2.24, 2.45) is 0 Å². The average Bonchev–Trinajstić information content (AvgIpc) is 3.61. The zero-order valence-electron chi connectivity index (χ0n) is 17.7. The van der Waals surface area contributed by atoms with Crippen molar-refractivity contribution in [3.05, 3.63) is 80.6 Å². The predicted octanol–water partition coefficient (Wildman–Crippen LogP) is 3.96. The summed E-state index contributed by atoms with van der Waals surface area (Å²) in [5.74, 6) is -0.438. The number of hydrogen-bond acceptors (Lipinski definition) is 4. The van der Waals surface area contributed by atoms with Gasteiger partial charge in [-0.3, -0.25) is 14.1 Å². The summed E-state index contributed by atoms with van der Waals surface area (Å²) < 4.78 is 17.3. The fourth-order valence-electron chi connectivity index (χ4n) is 3.71. The van der Waals surface area contributed by atoms with Crippen LogP contribution in [0.25, 0.3) is 10.9 Å². The van der Waals surface area contributed by atoms with Crippen molar-refractivity contribution >= 4 is 36.2 Å². The molecule has 1 aliphatic rings. The van der Waals surface area contributed by atoms with Gasteiger partial charge in [-0.15, -0.1) is 0 Å². The van der Waals surface area contributed by atoms with E-state index < -0.39 is 13.7 Å². The number of amides is 1. The Bertz CT molecular complexity index is 1280. The molecule has 33 heavy (non-hydrogen) atoms. The average molecular weight is 491 g/mol. The molecule has 0 aliphatic heterocycles. The van der Waals surface area contributed by atoms with Gasteiger partial charge >= 0.3 is 7.82 Å². The molecule has 0 bridgehead atoms. The molecule has 0 radical (unpaired) electrons. The lowest BCUT2D eigenvalue weighted by molar-refractivity contribution is 0.0949. The van der Waals surface area contributed by atoms with Gasteiger partial charge in [0.15, 0.2) is 0 Å². The maximum Gasteiger partial charge on any atom is 0.469 e. The van der Waals surface area contributed by atoms with Crippen LogP contribution >= 0.6 is 19.4 Å². The largest absolute Gasteiger partial charge is 0.469 e. The number of pyridine rings is 1. The molecule has 1 fully saturated rings. The molecule has 0 spiro atoms. The van der Waals surface area contributed by atoms with Gasteiger partial charge in [0, 0.05) is 29.2 Å². The Morgan fingerprint density at radius 1 is 1.15 bits per heavy atom. The van der Waals surface area contributed by atoms with E-state index in [9.17, 15) is 14.2 Å². The highest BCUT2D eigenvalue weighted by Gasteiger charge is 2.26. The molecule has 1 aliphatic carbocycles. The van der Waals surface area contributed by atoms with Gasteiger partial charge in [-0.25, -0.2) is 4.57 Å². The number of aromatic nitrogens is 1. The summed E-state index contributed by atoms with van der Waals surface area (Å²) in [6.45, 7) is 0.179. The Balaban J connectivity index is 1.57. The van der Waals surface area contributed by atoms with Crippen LogP contribution in [0, 0.1) is 0 Å². The lowest BCUT2D eigenvalue weighted by Crippen LogP contribution is -2.29. The smallest absolute Gasteiger partial charge is 0.348 e. The zero-order valence-corrected chi connectivity index (χ0v) is 19.4. The number of aryl methyl sites for hydroxylation is 1. The van der Waals surface area contributed by atoms with Gasteiger partial charge in [0.05, 0.1) is 12.1 Å². The van der Waals surface area contributed by atoms with Crippen LogP contribution in [0.2, 0.25) is 5.02 Å². The van der Waals surface area contributed by atoms with Gasteiger partial charge in [0.25, 0.3) is 5.91 Å². The molecule has 1 aromatic heterocycles. The highest BCUT2D eigenvalue weighted by Crippen LogP contribution is 2.37. The fourth-order valence-corrected chi connectivity index (χ4v) is 4.21. The monoisotopic (exact) mass is 490 g/mol. The minimum atomic E-state index is -4.50. The molecule has 1 saturated carbocycles. The summed E-state index contributed by atoms with van der Waals surface area (Å²) >= 11 is 5.90. The summed E-state index contributed by atoms with van der Waals surface area (Å²) in [6.07, 6.45) is 4.49. The summed E-state index contributed by atoms with van der Waals surface area (Å²) in [5, 5.41) is 3.87. The molecule has 0 unspecified atom stereocenters. The van der Waals surface area contributed by atoms with Gasteiger partial charge in [-0.05, 0) is 61.1 Å². The third-order valence-electron chi connectivity index (χ3n) is 5.52. The van der Waals surface area contributed by atoms with Crippen LogP contribution in [0.3, 0.4) is 0 Å². The minimum Gasteiger partial charge on any atom is -0.348 e. The number of carbonyl (C=O) groups excluding carboxylic acids is 1. The third kappa shape index (κ3) is 6.10. The van der Waals surface area contributed by atoms with E-state index in [-0.39, 0.29) is 30.2 Å². The molecule has 1 heterocycles. The van der Waals surface area contributed by atoms with Crippen molar-refractivity contribution < 1.29 is 23.7 Å². The Morgan fingerprint density at radius 2 is 1.85 bits per heavy atom. The lowest BCUT2D eigenvalue weighted by atomic mass is 10.0. The minimum absolute atomic E-state index is 0.0883. The van der Waals surface area contributed by atoms with Crippen molar-refractivity contribution in [1.82, 2.24) is 9.88 Å². The van der Waals surface area contributed by atoms with Crippen molar-refractivity contribution in [2.45, 2.75) is 38.3 Å². The van der Waals surface area contributed by atoms with Crippen LogP contribution in [0.4, 0.5) is 0 Å². The number of phosphoric acid groups is 1. The van der Waals surface area contributed by atoms with Gasteiger partial charge in [0.1, 0.15) is 5.56 Å². The standard InChI is InChI=1S/C23H24ClN2O6P/c24-17-6-3-16(4-7-17)13-25-23(28)20-14-26(18-8-9-18)21-10-5-15(12-19(21)22(20)27)2-1-11-32-33(29,30)31/h3-7,10,12,14,18H,1-2,8-9,11,13H2,(H,25,28)(H2,29,30,31). The van der Waals surface area contributed by atoms with E-state index in [4.69, 9.17) is 21.4 Å². The second kappa shape index (κ2) is 9.79. The number of nitrogens with zero attached hydrogens (tertiary/aromatic N) is 1. The first-order chi connectivity index (χ1) is 15.7. The number of phosphoric ester groups is 1. The molecule has 1 amide bonds. The van der Waals surface area contributed by atoms with Gasteiger partial charge in [-0.1, -0.05) is 29.8 Å². The molecule has 3 N–H and O–H groups in total. The highest BCUT2D eigenvalue weighted by atomic mass is 35.5. The van der Waals surface area contributed by atoms with Gasteiger partial charge in [-0.2, -0.15) is 0 Å². The quantitative estimate of drug-likeness (QED) is 0.309. The van der Waals surface area contributed by atoms with Gasteiger partial charge in [0.2, 0.25) is 5.43 Å².